The van der Waals surface area contributed by atoms with E-state index in [1.165, 1.54) is 22.3 Å². The number of aromatic hydroxyl groups is 1. The minimum Gasteiger partial charge on any atom is -0.507 e. The first-order valence-corrected chi connectivity index (χ1v) is 10.7. The van der Waals surface area contributed by atoms with Crippen LogP contribution in [0.5, 0.6) is 5.75 Å². The number of nitrogens with one attached hydrogen (secondary N) is 1. The summed E-state index contributed by atoms with van der Waals surface area (Å²) >= 11 is 1.38. The second kappa shape index (κ2) is 8.98. The van der Waals surface area contributed by atoms with Gasteiger partial charge in [-0.3, -0.25) is 9.59 Å². The van der Waals surface area contributed by atoms with Gasteiger partial charge in [-0.25, -0.2) is 4.98 Å². The second-order valence-corrected chi connectivity index (χ2v) is 8.40. The Labute approximate surface area is 183 Å². The van der Waals surface area contributed by atoms with Crippen molar-refractivity contribution >= 4 is 28.3 Å². The average molecular weight is 433 g/mol. The molecule has 2 amide bonds. The first-order chi connectivity index (χ1) is 15.0. The third kappa shape index (κ3) is 4.57. The fourth-order valence-electron chi connectivity index (χ4n) is 3.63. The lowest BCUT2D eigenvalue weighted by Crippen LogP contribution is -2.43. The lowest BCUT2D eigenvalue weighted by atomic mass is 10.1. The molecule has 4 rings (SSSR count). The van der Waals surface area contributed by atoms with Gasteiger partial charge in [-0.1, -0.05) is 24.3 Å². The van der Waals surface area contributed by atoms with Crippen molar-refractivity contribution < 1.29 is 14.7 Å². The van der Waals surface area contributed by atoms with Crippen LogP contribution in [0.15, 0.2) is 54.7 Å². The predicted octanol–water partition coefficient (Wildman–Crippen LogP) is 3.55. The Morgan fingerprint density at radius 1 is 1.23 bits per heavy atom. The molecule has 8 heteroatoms. The van der Waals surface area contributed by atoms with Crippen LogP contribution in [0.25, 0.3) is 0 Å². The van der Waals surface area contributed by atoms with E-state index in [0.717, 1.165) is 16.9 Å². The van der Waals surface area contributed by atoms with Gasteiger partial charge in [0.15, 0.2) is 5.13 Å². The normalized spacial score (nSPS) is 15.5. The molecule has 1 fully saturated rings. The number of hydrogen-bond acceptors (Lipinski definition) is 6. The van der Waals surface area contributed by atoms with Crippen molar-refractivity contribution in [3.8, 4) is 11.8 Å². The first kappa shape index (κ1) is 20.6. The maximum Gasteiger partial charge on any atom is 0.258 e. The quantitative estimate of drug-likeness (QED) is 0.641. The van der Waals surface area contributed by atoms with E-state index >= 15 is 0 Å². The number of carbonyl (C=O) groups is 2. The lowest BCUT2D eigenvalue weighted by molar-refractivity contribution is -0.119. The molecule has 0 spiro atoms. The van der Waals surface area contributed by atoms with Gasteiger partial charge in [0.2, 0.25) is 5.91 Å². The van der Waals surface area contributed by atoms with Gasteiger partial charge < -0.3 is 15.3 Å². The molecule has 1 aliphatic heterocycles. The Morgan fingerprint density at radius 3 is 2.74 bits per heavy atom. The van der Waals surface area contributed by atoms with Gasteiger partial charge in [-0.2, -0.15) is 5.26 Å². The van der Waals surface area contributed by atoms with Gasteiger partial charge in [-0.15, -0.1) is 11.3 Å². The summed E-state index contributed by atoms with van der Waals surface area (Å²) in [7, 11) is 0. The summed E-state index contributed by atoms with van der Waals surface area (Å²) < 4.78 is 0. The molecule has 2 N–H and O–H groups in total. The molecular formula is C23H20N4O3S. The number of benzene rings is 2. The highest BCUT2D eigenvalue weighted by Crippen LogP contribution is 2.27. The number of carbonyl (C=O) groups excluding carboxylic acids is 2. The van der Waals surface area contributed by atoms with Crippen molar-refractivity contribution in [3.05, 3.63) is 76.3 Å². The first-order valence-electron chi connectivity index (χ1n) is 9.88. The molecule has 3 aromatic rings. The van der Waals surface area contributed by atoms with Gasteiger partial charge in [0.05, 0.1) is 17.2 Å². The standard InChI is InChI=1S/C23H20N4O3S/c24-13-16-9-7-15(8-10-16)12-17-14-25-23(31-17)26-21(29)19-5-3-11-27(19)22(30)18-4-1-2-6-20(18)28/h1-2,4,6-10,14,19,28H,3,5,11-12H2,(H,25,26,29). The van der Waals surface area contributed by atoms with Gasteiger partial charge >= 0.3 is 0 Å². The maximum absolute atomic E-state index is 12.9. The second-order valence-electron chi connectivity index (χ2n) is 7.28. The van der Waals surface area contributed by atoms with E-state index in [4.69, 9.17) is 5.26 Å². The Kier molecular flexibility index (Phi) is 5.96. The van der Waals surface area contributed by atoms with Crippen LogP contribution in [0.1, 0.15) is 39.2 Å². The molecule has 2 heterocycles. The van der Waals surface area contributed by atoms with Crippen LogP contribution >= 0.6 is 11.3 Å². The molecule has 1 saturated heterocycles. The highest BCUT2D eigenvalue weighted by molar-refractivity contribution is 7.15. The topological polar surface area (TPSA) is 106 Å². The molecule has 0 aliphatic carbocycles. The molecule has 1 atom stereocenters. The molecule has 1 aromatic heterocycles. The number of phenolic OH excluding ortho intramolecular Hbond substituents is 1. The number of nitriles is 1. The van der Waals surface area contributed by atoms with E-state index in [-0.39, 0.29) is 23.1 Å². The Balaban J connectivity index is 1.41. The fraction of sp³-hybridized carbons (Fsp3) is 0.217. The largest absolute Gasteiger partial charge is 0.507 e. The Morgan fingerprint density at radius 2 is 2.00 bits per heavy atom. The molecule has 1 unspecified atom stereocenters. The van der Waals surface area contributed by atoms with Crippen molar-refractivity contribution in [3.63, 3.8) is 0 Å². The van der Waals surface area contributed by atoms with Gasteiger partial charge in [0.1, 0.15) is 11.8 Å². The van der Waals surface area contributed by atoms with Crippen LogP contribution in [0.2, 0.25) is 0 Å². The molecule has 156 valence electrons. The lowest BCUT2D eigenvalue weighted by Gasteiger charge is -2.23. The smallest absolute Gasteiger partial charge is 0.258 e. The number of hydrogen-bond donors (Lipinski definition) is 2. The van der Waals surface area contributed by atoms with Crippen LogP contribution in [0.4, 0.5) is 5.13 Å². The number of amides is 2. The van der Waals surface area contributed by atoms with E-state index in [2.05, 4.69) is 16.4 Å². The number of nitrogens with zero attached hydrogens (tertiary/aromatic N) is 3. The minimum atomic E-state index is -0.599. The van der Waals surface area contributed by atoms with Crippen molar-refractivity contribution in [2.24, 2.45) is 0 Å². The molecular weight excluding hydrogens is 412 g/mol. The summed E-state index contributed by atoms with van der Waals surface area (Å²) in [5, 5.41) is 22.2. The van der Waals surface area contributed by atoms with Crippen LogP contribution in [-0.2, 0) is 11.2 Å². The summed E-state index contributed by atoms with van der Waals surface area (Å²) in [5.74, 6) is -0.720. The summed E-state index contributed by atoms with van der Waals surface area (Å²) in [6.07, 6.45) is 3.66. The molecule has 7 nitrogen and oxygen atoms in total. The summed E-state index contributed by atoms with van der Waals surface area (Å²) in [6.45, 7) is 0.465. The third-order valence-electron chi connectivity index (χ3n) is 5.20. The molecule has 2 aromatic carbocycles. The monoisotopic (exact) mass is 432 g/mol. The molecule has 0 radical (unpaired) electrons. The maximum atomic E-state index is 12.9. The van der Waals surface area contributed by atoms with Crippen LogP contribution in [-0.4, -0.2) is 39.4 Å². The van der Waals surface area contributed by atoms with Crippen LogP contribution in [0.3, 0.4) is 0 Å². The summed E-state index contributed by atoms with van der Waals surface area (Å²) in [6, 6.07) is 15.2. The molecule has 0 saturated carbocycles. The average Bonchev–Trinajstić information content (AvgIpc) is 3.44. The number of phenols is 1. The van der Waals surface area contributed by atoms with Crippen LogP contribution in [0, 0.1) is 11.3 Å². The zero-order valence-corrected chi connectivity index (χ0v) is 17.4. The Hall–Kier alpha value is -3.70. The van der Waals surface area contributed by atoms with Gasteiger partial charge in [0, 0.05) is 24.0 Å². The summed E-state index contributed by atoms with van der Waals surface area (Å²) in [4.78, 5) is 32.5. The number of likely N-dealkylation sites (tertiary alicyclic amines) is 1. The predicted molar refractivity (Wildman–Crippen MR) is 117 cm³/mol. The molecule has 0 bridgehead atoms. The van der Waals surface area contributed by atoms with E-state index in [9.17, 15) is 14.7 Å². The number of anilines is 1. The minimum absolute atomic E-state index is 0.0917. The molecule has 1 aliphatic rings. The van der Waals surface area contributed by atoms with E-state index in [1.807, 2.05) is 12.1 Å². The SMILES string of the molecule is N#Cc1ccc(Cc2cnc(NC(=O)C3CCCN3C(=O)c3ccccc3O)s2)cc1. The van der Waals surface area contributed by atoms with Crippen molar-refractivity contribution in [1.29, 1.82) is 5.26 Å². The Bertz CT molecular complexity index is 1150. The summed E-state index contributed by atoms with van der Waals surface area (Å²) in [5.41, 5.74) is 1.86. The zero-order chi connectivity index (χ0) is 21.8. The van der Waals surface area contributed by atoms with E-state index < -0.39 is 6.04 Å². The van der Waals surface area contributed by atoms with Gasteiger partial charge in [-0.05, 0) is 42.7 Å². The van der Waals surface area contributed by atoms with Crippen molar-refractivity contribution in [2.45, 2.75) is 25.3 Å². The number of thiazole rings is 1. The number of para-hydroxylation sites is 1. The van der Waals surface area contributed by atoms with Crippen molar-refractivity contribution in [1.82, 2.24) is 9.88 Å². The van der Waals surface area contributed by atoms with E-state index in [0.29, 0.717) is 30.1 Å². The van der Waals surface area contributed by atoms with Crippen LogP contribution < -0.4 is 5.32 Å². The number of rotatable bonds is 5. The fourth-order valence-corrected chi connectivity index (χ4v) is 4.48. The zero-order valence-electron chi connectivity index (χ0n) is 16.6. The van der Waals surface area contributed by atoms with Gasteiger partial charge in [0.25, 0.3) is 5.91 Å². The van der Waals surface area contributed by atoms with Crippen molar-refractivity contribution in [2.75, 3.05) is 11.9 Å². The number of aromatic nitrogens is 1. The van der Waals surface area contributed by atoms with E-state index in [1.54, 1.807) is 36.5 Å². The highest BCUT2D eigenvalue weighted by Gasteiger charge is 2.35. The molecule has 31 heavy (non-hydrogen) atoms. The highest BCUT2D eigenvalue weighted by atomic mass is 32.1. The third-order valence-corrected chi connectivity index (χ3v) is 6.11.